The molecule has 0 spiro atoms. The van der Waals surface area contributed by atoms with Crippen LogP contribution in [0, 0.1) is 15.3 Å². The summed E-state index contributed by atoms with van der Waals surface area (Å²) in [6.07, 6.45) is 0. The molecule has 39 valence electrons. The van der Waals surface area contributed by atoms with Crippen molar-refractivity contribution in [3.63, 3.8) is 0 Å². The Morgan fingerprint density at radius 1 is 1.33 bits per heavy atom. The third-order valence-corrected chi connectivity index (χ3v) is 0. The molecule has 0 aromatic heterocycles. The van der Waals surface area contributed by atoms with Crippen LogP contribution in [0.5, 0.6) is 0 Å². The van der Waals surface area contributed by atoms with Gasteiger partial charge in [0.15, 0.2) is 0 Å². The van der Waals surface area contributed by atoms with Gasteiger partial charge in [0.05, 0.1) is 5.09 Å². The molecule has 6 heteroatoms. The van der Waals surface area contributed by atoms with Gasteiger partial charge in [-0.25, -0.2) is 0 Å². The van der Waals surface area contributed by atoms with Crippen LogP contribution in [0.3, 0.4) is 0 Å². The standard InChI is InChI=1S/Mn.NO3.H3N/c;2-1(3)4;/h;;1H3/q;-1;/p+1. The fourth-order valence-corrected chi connectivity index (χ4v) is 0. The predicted octanol–water partition coefficient (Wildman–Crippen LogP) is 0.135. The SMILES string of the molecule is O=[N+]([O-])[O-].[Mn].[NH4+]. The summed E-state index contributed by atoms with van der Waals surface area (Å²) in [5.74, 6) is 0. The van der Waals surface area contributed by atoms with Crippen LogP contribution < -0.4 is 6.15 Å². The summed E-state index contributed by atoms with van der Waals surface area (Å²) in [5.41, 5.74) is 0. The predicted molar refractivity (Wildman–Crippen MR) is 16.3 cm³/mol. The Hall–Kier alpha value is -0.321. The van der Waals surface area contributed by atoms with Crippen molar-refractivity contribution in [1.29, 1.82) is 0 Å². The van der Waals surface area contributed by atoms with Gasteiger partial charge in [-0.2, -0.15) is 0 Å². The summed E-state index contributed by atoms with van der Waals surface area (Å²) in [6.45, 7) is 0. The van der Waals surface area contributed by atoms with Crippen molar-refractivity contribution >= 4 is 0 Å². The maximum atomic E-state index is 8.25. The Kier molecular flexibility index (Phi) is 25.5. The van der Waals surface area contributed by atoms with Gasteiger partial charge in [-0.3, -0.25) is 0 Å². The summed E-state index contributed by atoms with van der Waals surface area (Å²) < 4.78 is 0. The molecule has 0 heterocycles. The first-order chi connectivity index (χ1) is 1.73. The molecule has 0 saturated carbocycles. The third-order valence-electron chi connectivity index (χ3n) is 0. The third kappa shape index (κ3) is 257. The van der Waals surface area contributed by atoms with Gasteiger partial charge in [-0.15, -0.1) is 0 Å². The van der Waals surface area contributed by atoms with Crippen molar-refractivity contribution in [1.82, 2.24) is 6.15 Å². The fraction of sp³-hybridized carbons (Fsp3) is 0. The van der Waals surface area contributed by atoms with Gasteiger partial charge >= 0.3 is 0 Å². The van der Waals surface area contributed by atoms with Crippen molar-refractivity contribution in [2.75, 3.05) is 0 Å². The topological polar surface area (TPSA) is 103 Å². The number of rotatable bonds is 0. The summed E-state index contributed by atoms with van der Waals surface area (Å²) in [4.78, 5) is 8.25. The number of hydrogen-bond donors (Lipinski definition) is 1. The monoisotopic (exact) mass is 135 g/mol. The maximum Gasteiger partial charge on any atom is 0.0689 e. The van der Waals surface area contributed by atoms with Gasteiger partial charge < -0.3 is 21.5 Å². The molecule has 1 radical (unpaired) electrons. The van der Waals surface area contributed by atoms with E-state index < -0.39 is 5.09 Å². The average Bonchev–Trinajstić information content (AvgIpc) is 0.811. The van der Waals surface area contributed by atoms with Crippen LogP contribution in [0.25, 0.3) is 0 Å². The first-order valence-electron chi connectivity index (χ1n) is 0.548. The molecule has 0 bridgehead atoms. The van der Waals surface area contributed by atoms with E-state index >= 15 is 0 Å². The summed E-state index contributed by atoms with van der Waals surface area (Å²) in [5, 5.41) is 14.8. The summed E-state index contributed by atoms with van der Waals surface area (Å²) in [6, 6.07) is 0. The van der Waals surface area contributed by atoms with Crippen molar-refractivity contribution in [2.24, 2.45) is 0 Å². The minimum atomic E-state index is -1.75. The van der Waals surface area contributed by atoms with E-state index in [1.165, 1.54) is 0 Å². The van der Waals surface area contributed by atoms with Crippen LogP contribution in [0.4, 0.5) is 0 Å². The minimum absolute atomic E-state index is 0. The molecular formula is H4MnN2O3. The summed E-state index contributed by atoms with van der Waals surface area (Å²) >= 11 is 0. The molecule has 0 rings (SSSR count). The number of quaternary nitrogens is 1. The van der Waals surface area contributed by atoms with Crippen molar-refractivity contribution < 1.29 is 22.2 Å². The first kappa shape index (κ1) is 17.3. The smallest absolute Gasteiger partial charge is 0.0689 e. The number of nitrogens with zero attached hydrogens (tertiary/aromatic N) is 1. The zero-order valence-corrected chi connectivity index (χ0v) is 4.23. The molecule has 0 saturated heterocycles. The van der Waals surface area contributed by atoms with Gasteiger partial charge in [0.1, 0.15) is 0 Å². The van der Waals surface area contributed by atoms with Gasteiger partial charge in [-0.05, 0) is 0 Å². The molecular weight excluding hydrogens is 131 g/mol. The molecule has 4 N–H and O–H groups in total. The number of hydrogen-bond acceptors (Lipinski definition) is 3. The van der Waals surface area contributed by atoms with E-state index in [4.69, 9.17) is 15.3 Å². The van der Waals surface area contributed by atoms with Gasteiger partial charge in [-0.1, -0.05) is 0 Å². The van der Waals surface area contributed by atoms with Crippen LogP contribution in [0.2, 0.25) is 0 Å². The average molecular weight is 135 g/mol. The molecule has 0 atom stereocenters. The van der Waals surface area contributed by atoms with Crippen LogP contribution in [-0.2, 0) is 17.1 Å². The Labute approximate surface area is 44.5 Å². The van der Waals surface area contributed by atoms with Crippen molar-refractivity contribution in [3.8, 4) is 0 Å². The second-order valence-electron chi connectivity index (χ2n) is 0.224. The molecule has 0 aromatic rings. The van der Waals surface area contributed by atoms with E-state index in [1.54, 1.807) is 0 Å². The fourth-order valence-electron chi connectivity index (χ4n) is 0. The molecule has 5 nitrogen and oxygen atoms in total. The van der Waals surface area contributed by atoms with E-state index in [1.807, 2.05) is 0 Å². The molecule has 0 unspecified atom stereocenters. The largest absolute Gasteiger partial charge is 0.369 e. The molecule has 0 aliphatic carbocycles. The molecule has 6 heavy (non-hydrogen) atoms. The van der Waals surface area contributed by atoms with Crippen molar-refractivity contribution in [3.05, 3.63) is 15.3 Å². The van der Waals surface area contributed by atoms with E-state index in [9.17, 15) is 0 Å². The van der Waals surface area contributed by atoms with E-state index in [2.05, 4.69) is 0 Å². The van der Waals surface area contributed by atoms with Crippen LogP contribution in [0.15, 0.2) is 0 Å². The Morgan fingerprint density at radius 3 is 1.33 bits per heavy atom. The van der Waals surface area contributed by atoms with Crippen LogP contribution in [-0.4, -0.2) is 5.09 Å². The Bertz CT molecular complexity index is 31.8. The van der Waals surface area contributed by atoms with E-state index in [0.29, 0.717) is 0 Å². The molecule has 0 amide bonds. The minimum Gasteiger partial charge on any atom is -0.369 e. The summed E-state index contributed by atoms with van der Waals surface area (Å²) in [7, 11) is 0. The zero-order chi connectivity index (χ0) is 3.58. The molecule has 0 aliphatic heterocycles. The molecule has 0 fully saturated rings. The second-order valence-corrected chi connectivity index (χ2v) is 0.224. The normalized spacial score (nSPS) is 4.00. The van der Waals surface area contributed by atoms with Crippen molar-refractivity contribution in [2.45, 2.75) is 0 Å². The van der Waals surface area contributed by atoms with Gasteiger partial charge in [0, 0.05) is 17.1 Å². The Morgan fingerprint density at radius 2 is 1.33 bits per heavy atom. The second kappa shape index (κ2) is 8.82. The molecule has 0 aromatic carbocycles. The van der Waals surface area contributed by atoms with Gasteiger partial charge in [0.25, 0.3) is 0 Å². The van der Waals surface area contributed by atoms with Crippen LogP contribution >= 0.6 is 0 Å². The quantitative estimate of drug-likeness (QED) is 0.290. The van der Waals surface area contributed by atoms with E-state index in [0.717, 1.165) is 0 Å². The maximum absolute atomic E-state index is 8.25. The van der Waals surface area contributed by atoms with Crippen LogP contribution in [0.1, 0.15) is 0 Å². The Balaban J connectivity index is -0.0000000450. The van der Waals surface area contributed by atoms with Gasteiger partial charge in [0.2, 0.25) is 0 Å². The van der Waals surface area contributed by atoms with E-state index in [-0.39, 0.29) is 23.2 Å². The molecule has 0 aliphatic rings. The first-order valence-corrected chi connectivity index (χ1v) is 0.548. The zero-order valence-electron chi connectivity index (χ0n) is 3.05.